The van der Waals surface area contributed by atoms with E-state index < -0.39 is 47.9 Å². The summed E-state index contributed by atoms with van der Waals surface area (Å²) in [6.07, 6.45) is 0.0286. The van der Waals surface area contributed by atoms with Crippen LogP contribution in [0.4, 0.5) is 0 Å². The summed E-state index contributed by atoms with van der Waals surface area (Å²) >= 11 is 0. The maximum absolute atomic E-state index is 12.4. The molecule has 3 amide bonds. The largest absolute Gasteiger partial charge is 0.480 e. The van der Waals surface area contributed by atoms with Gasteiger partial charge in [-0.15, -0.1) is 0 Å². The van der Waals surface area contributed by atoms with Crippen molar-refractivity contribution in [2.45, 2.75) is 57.3 Å². The fraction of sp³-hybridized carbons (Fsp3) is 0.733. The number of hydrogen-bond donors (Lipinski definition) is 7. The molecule has 26 heavy (non-hydrogen) atoms. The third kappa shape index (κ3) is 8.74. The maximum Gasteiger partial charge on any atom is 0.328 e. The molecular formula is C15H29N5O6. The van der Waals surface area contributed by atoms with Crippen molar-refractivity contribution >= 4 is 23.7 Å². The summed E-state index contributed by atoms with van der Waals surface area (Å²) in [6.45, 7) is 2.77. The number of nitrogens with one attached hydrogen (secondary N) is 3. The van der Waals surface area contributed by atoms with Crippen molar-refractivity contribution in [2.75, 3.05) is 13.1 Å². The number of unbranched alkanes of at least 4 members (excludes halogenated alkanes) is 1. The van der Waals surface area contributed by atoms with Gasteiger partial charge in [0.25, 0.3) is 0 Å². The van der Waals surface area contributed by atoms with E-state index in [1.165, 1.54) is 13.8 Å². The summed E-state index contributed by atoms with van der Waals surface area (Å²) in [6, 6.07) is -3.47. The number of aliphatic hydroxyl groups is 1. The first kappa shape index (κ1) is 23.8. The molecule has 0 heterocycles. The fourth-order valence-electron chi connectivity index (χ4n) is 2.07. The second-order valence-electron chi connectivity index (χ2n) is 5.90. The number of carboxylic acids is 1. The topological polar surface area (TPSA) is 197 Å². The molecule has 0 aliphatic carbocycles. The van der Waals surface area contributed by atoms with E-state index in [-0.39, 0.29) is 13.0 Å². The minimum atomic E-state index is -1.51. The van der Waals surface area contributed by atoms with E-state index in [1.807, 2.05) is 0 Å². The van der Waals surface area contributed by atoms with Gasteiger partial charge >= 0.3 is 5.97 Å². The summed E-state index contributed by atoms with van der Waals surface area (Å²) in [5.41, 5.74) is 10.6. The average Bonchev–Trinajstić information content (AvgIpc) is 2.57. The smallest absolute Gasteiger partial charge is 0.328 e. The zero-order valence-electron chi connectivity index (χ0n) is 15.0. The van der Waals surface area contributed by atoms with E-state index in [0.29, 0.717) is 19.4 Å². The lowest BCUT2D eigenvalue weighted by atomic mass is 10.1. The first-order chi connectivity index (χ1) is 12.1. The second-order valence-corrected chi connectivity index (χ2v) is 5.90. The summed E-state index contributed by atoms with van der Waals surface area (Å²) in [5, 5.41) is 25.5. The predicted octanol–water partition coefficient (Wildman–Crippen LogP) is -2.99. The number of rotatable bonds is 12. The van der Waals surface area contributed by atoms with Crippen molar-refractivity contribution in [2.24, 2.45) is 11.5 Å². The number of carboxylic acid groups (broad SMARTS) is 1. The molecule has 0 spiro atoms. The Morgan fingerprint density at radius 1 is 0.962 bits per heavy atom. The van der Waals surface area contributed by atoms with Gasteiger partial charge in [-0.2, -0.15) is 0 Å². The highest BCUT2D eigenvalue weighted by molar-refractivity contribution is 5.93. The number of carbonyl (C=O) groups excluding carboxylic acids is 3. The van der Waals surface area contributed by atoms with E-state index in [4.69, 9.17) is 16.6 Å². The minimum Gasteiger partial charge on any atom is -0.480 e. The summed E-state index contributed by atoms with van der Waals surface area (Å²) in [5.74, 6) is -3.30. The fourth-order valence-corrected chi connectivity index (χ4v) is 2.07. The van der Waals surface area contributed by atoms with Crippen LogP contribution in [-0.4, -0.2) is 71.2 Å². The monoisotopic (exact) mass is 375 g/mol. The normalized spacial score (nSPS) is 15.3. The van der Waals surface area contributed by atoms with Crippen molar-refractivity contribution < 1.29 is 29.4 Å². The Hall–Kier alpha value is -2.24. The van der Waals surface area contributed by atoms with Gasteiger partial charge in [-0.1, -0.05) is 0 Å². The Bertz CT molecular complexity index is 499. The molecule has 0 radical (unpaired) electrons. The number of carbonyl (C=O) groups is 4. The molecule has 0 aliphatic rings. The van der Waals surface area contributed by atoms with Gasteiger partial charge < -0.3 is 37.6 Å². The van der Waals surface area contributed by atoms with E-state index >= 15 is 0 Å². The van der Waals surface area contributed by atoms with Crippen LogP contribution >= 0.6 is 0 Å². The van der Waals surface area contributed by atoms with Crippen LogP contribution in [0.1, 0.15) is 33.1 Å². The summed E-state index contributed by atoms with van der Waals surface area (Å²) in [7, 11) is 0. The molecular weight excluding hydrogens is 346 g/mol. The maximum atomic E-state index is 12.4. The molecule has 0 aromatic carbocycles. The molecule has 0 saturated heterocycles. The summed E-state index contributed by atoms with van der Waals surface area (Å²) < 4.78 is 0. The predicted molar refractivity (Wildman–Crippen MR) is 92.7 cm³/mol. The van der Waals surface area contributed by atoms with Crippen molar-refractivity contribution in [1.82, 2.24) is 16.0 Å². The molecule has 9 N–H and O–H groups in total. The number of aliphatic carboxylic acids is 1. The van der Waals surface area contributed by atoms with Gasteiger partial charge in [0.1, 0.15) is 12.1 Å². The van der Waals surface area contributed by atoms with Crippen LogP contribution in [0, 0.1) is 0 Å². The van der Waals surface area contributed by atoms with Crippen molar-refractivity contribution in [3.8, 4) is 0 Å². The number of amides is 3. The molecule has 150 valence electrons. The van der Waals surface area contributed by atoms with Crippen LogP contribution in [-0.2, 0) is 19.2 Å². The Kier molecular flexibility index (Phi) is 11.1. The summed E-state index contributed by atoms with van der Waals surface area (Å²) in [4.78, 5) is 46.9. The molecule has 0 saturated carbocycles. The molecule has 11 nitrogen and oxygen atoms in total. The lowest BCUT2D eigenvalue weighted by Crippen LogP contribution is -2.57. The Labute approximate surface area is 151 Å². The highest BCUT2D eigenvalue weighted by atomic mass is 16.4. The van der Waals surface area contributed by atoms with Crippen LogP contribution in [0.15, 0.2) is 0 Å². The van der Waals surface area contributed by atoms with Gasteiger partial charge in [0.2, 0.25) is 17.7 Å². The van der Waals surface area contributed by atoms with Crippen LogP contribution in [0.25, 0.3) is 0 Å². The standard InChI is InChI=1S/C15H29N5O6/c1-8(18-11(22)7-17)13(23)19-10(5-3-4-6-16)14(24)20-12(9(2)21)15(25)26/h8-10,12,21H,3-7,16-17H2,1-2H3,(H,18,22)(H,19,23)(H,20,24)(H,25,26). The number of hydrogen-bond acceptors (Lipinski definition) is 7. The molecule has 4 unspecified atom stereocenters. The molecule has 0 fully saturated rings. The zero-order valence-corrected chi connectivity index (χ0v) is 15.0. The second kappa shape index (κ2) is 12.2. The molecule has 0 bridgehead atoms. The first-order valence-corrected chi connectivity index (χ1v) is 8.35. The molecule has 0 aromatic heterocycles. The van der Waals surface area contributed by atoms with Gasteiger partial charge in [0.15, 0.2) is 6.04 Å². The highest BCUT2D eigenvalue weighted by Gasteiger charge is 2.30. The number of nitrogens with two attached hydrogens (primary N) is 2. The first-order valence-electron chi connectivity index (χ1n) is 8.35. The van der Waals surface area contributed by atoms with Crippen LogP contribution in [0.3, 0.4) is 0 Å². The highest BCUT2D eigenvalue weighted by Crippen LogP contribution is 2.04. The number of aliphatic hydroxyl groups excluding tert-OH is 1. The van der Waals surface area contributed by atoms with Gasteiger partial charge in [-0.3, -0.25) is 14.4 Å². The Balaban J connectivity index is 5.02. The van der Waals surface area contributed by atoms with Gasteiger partial charge in [0.05, 0.1) is 12.6 Å². The molecule has 0 rings (SSSR count). The van der Waals surface area contributed by atoms with Crippen LogP contribution in [0.2, 0.25) is 0 Å². The van der Waals surface area contributed by atoms with E-state index in [0.717, 1.165) is 0 Å². The third-order valence-electron chi connectivity index (χ3n) is 3.58. The Morgan fingerprint density at radius 3 is 2.04 bits per heavy atom. The zero-order chi connectivity index (χ0) is 20.3. The van der Waals surface area contributed by atoms with Crippen LogP contribution in [0.5, 0.6) is 0 Å². The quantitative estimate of drug-likeness (QED) is 0.175. The van der Waals surface area contributed by atoms with Crippen molar-refractivity contribution in [1.29, 1.82) is 0 Å². The average molecular weight is 375 g/mol. The van der Waals surface area contributed by atoms with Crippen molar-refractivity contribution in [3.05, 3.63) is 0 Å². The molecule has 0 aromatic rings. The van der Waals surface area contributed by atoms with Gasteiger partial charge in [-0.25, -0.2) is 4.79 Å². The van der Waals surface area contributed by atoms with E-state index in [1.54, 1.807) is 0 Å². The Morgan fingerprint density at radius 2 is 1.58 bits per heavy atom. The molecule has 4 atom stereocenters. The SMILES string of the molecule is CC(NC(=O)CN)C(=O)NC(CCCCN)C(=O)NC(C(=O)O)C(C)O. The van der Waals surface area contributed by atoms with E-state index in [9.17, 15) is 24.3 Å². The molecule has 0 aliphatic heterocycles. The lowest BCUT2D eigenvalue weighted by molar-refractivity contribution is -0.145. The van der Waals surface area contributed by atoms with Gasteiger partial charge in [0, 0.05) is 0 Å². The van der Waals surface area contributed by atoms with E-state index in [2.05, 4.69) is 16.0 Å². The lowest BCUT2D eigenvalue weighted by Gasteiger charge is -2.24. The van der Waals surface area contributed by atoms with Gasteiger partial charge in [-0.05, 0) is 39.7 Å². The third-order valence-corrected chi connectivity index (χ3v) is 3.58. The minimum absolute atomic E-state index is 0.221. The molecule has 11 heteroatoms. The van der Waals surface area contributed by atoms with Crippen molar-refractivity contribution in [3.63, 3.8) is 0 Å². The van der Waals surface area contributed by atoms with Crippen LogP contribution < -0.4 is 27.4 Å².